The van der Waals surface area contributed by atoms with Gasteiger partial charge in [-0.25, -0.2) is 4.79 Å². The third kappa shape index (κ3) is 4.54. The molecule has 2 rings (SSSR count). The molecule has 1 heterocycles. The van der Waals surface area contributed by atoms with Gasteiger partial charge < -0.3 is 8.92 Å². The molecule has 0 N–H and O–H groups in total. The second-order valence-electron chi connectivity index (χ2n) is 6.11. The maximum absolute atomic E-state index is 12.5. The fourth-order valence-corrected chi connectivity index (χ4v) is 2.22. The van der Waals surface area contributed by atoms with Gasteiger partial charge in [-0.3, -0.25) is 0 Å². The maximum atomic E-state index is 12.5. The van der Waals surface area contributed by atoms with Crippen molar-refractivity contribution in [2.75, 3.05) is 0 Å². The van der Waals surface area contributed by atoms with Crippen molar-refractivity contribution >= 4 is 16.2 Å². The Balaban J connectivity index is 2.50. The monoisotopic (exact) mass is 392 g/mol. The van der Waals surface area contributed by atoms with Crippen LogP contribution in [-0.2, 0) is 14.9 Å². The first-order chi connectivity index (χ1) is 11.8. The van der Waals surface area contributed by atoms with Crippen LogP contribution in [0.15, 0.2) is 36.4 Å². The number of halogens is 3. The third-order valence-electron chi connectivity index (χ3n) is 2.80. The highest BCUT2D eigenvalue weighted by Gasteiger charge is 2.49. The quantitative estimate of drug-likeness (QED) is 0.586. The van der Waals surface area contributed by atoms with Gasteiger partial charge in [-0.1, -0.05) is 30.3 Å². The van der Waals surface area contributed by atoms with E-state index in [1.165, 1.54) is 0 Å². The molecule has 0 spiro atoms. The smallest absolute Gasteiger partial charge is 0.442 e. The van der Waals surface area contributed by atoms with Gasteiger partial charge in [-0.05, 0) is 20.8 Å². The summed E-state index contributed by atoms with van der Waals surface area (Å²) in [6.07, 6.45) is -1.00. The maximum Gasteiger partial charge on any atom is 0.534 e. The van der Waals surface area contributed by atoms with Gasteiger partial charge in [0.1, 0.15) is 5.60 Å². The molecule has 0 aliphatic rings. The van der Waals surface area contributed by atoms with Crippen molar-refractivity contribution in [2.45, 2.75) is 31.9 Å². The first-order valence-electron chi connectivity index (χ1n) is 7.20. The molecule has 0 amide bonds. The number of carbonyl (C=O) groups is 1. The second-order valence-corrected chi connectivity index (χ2v) is 7.65. The fraction of sp³-hybridized carbons (Fsp3) is 0.333. The predicted molar refractivity (Wildman–Crippen MR) is 84.9 cm³/mol. The van der Waals surface area contributed by atoms with Crippen LogP contribution in [0.3, 0.4) is 0 Å². The van der Waals surface area contributed by atoms with E-state index in [1.54, 1.807) is 51.1 Å². The van der Waals surface area contributed by atoms with E-state index in [1.807, 2.05) is 0 Å². The Morgan fingerprint density at radius 3 is 2.19 bits per heavy atom. The van der Waals surface area contributed by atoms with Crippen LogP contribution in [0.1, 0.15) is 20.8 Å². The number of ether oxygens (including phenoxy) is 1. The van der Waals surface area contributed by atoms with Crippen molar-refractivity contribution in [1.82, 2.24) is 9.78 Å². The number of rotatable bonds is 3. The molecule has 142 valence electrons. The molecule has 1 aromatic carbocycles. The van der Waals surface area contributed by atoms with Crippen LogP contribution < -0.4 is 4.18 Å². The van der Waals surface area contributed by atoms with E-state index < -0.39 is 33.2 Å². The Labute approximate surface area is 147 Å². The number of nitrogens with zero attached hydrogens (tertiary/aromatic N) is 2. The topological polar surface area (TPSA) is 87.5 Å². The first kappa shape index (κ1) is 19.8. The standard InChI is InChI=1S/C15H15F3N2O5S/c1-14(2,3)24-13(21)20-11(10-7-5-4-6-8-10)9-12(19-20)25-26(22,23)15(16,17)18/h4-9H,1-3H3. The van der Waals surface area contributed by atoms with Gasteiger partial charge in [-0.2, -0.15) is 26.3 Å². The number of benzene rings is 1. The minimum atomic E-state index is -5.93. The van der Waals surface area contributed by atoms with E-state index in [0.29, 0.717) is 10.2 Å². The van der Waals surface area contributed by atoms with Gasteiger partial charge in [0.25, 0.3) is 5.88 Å². The zero-order chi connectivity index (χ0) is 19.8. The van der Waals surface area contributed by atoms with Gasteiger partial charge >= 0.3 is 21.7 Å². The average molecular weight is 392 g/mol. The average Bonchev–Trinajstić information content (AvgIpc) is 2.88. The van der Waals surface area contributed by atoms with Crippen LogP contribution in [-0.4, -0.2) is 35.4 Å². The largest absolute Gasteiger partial charge is 0.534 e. The molecule has 2 aromatic rings. The Kier molecular flexibility index (Phi) is 5.04. The van der Waals surface area contributed by atoms with Crippen LogP contribution in [0.25, 0.3) is 11.3 Å². The molecule has 7 nitrogen and oxygen atoms in total. The van der Waals surface area contributed by atoms with E-state index in [2.05, 4.69) is 9.28 Å². The van der Waals surface area contributed by atoms with Crippen LogP contribution >= 0.6 is 0 Å². The summed E-state index contributed by atoms with van der Waals surface area (Å²) < 4.78 is 69.6. The third-order valence-corrected chi connectivity index (χ3v) is 3.76. The lowest BCUT2D eigenvalue weighted by Crippen LogP contribution is -2.29. The number of aromatic nitrogens is 2. The van der Waals surface area contributed by atoms with Gasteiger partial charge in [0.05, 0.1) is 5.69 Å². The fourth-order valence-electron chi connectivity index (χ4n) is 1.82. The van der Waals surface area contributed by atoms with Crippen LogP contribution in [0.5, 0.6) is 5.88 Å². The Morgan fingerprint density at radius 1 is 1.12 bits per heavy atom. The zero-order valence-electron chi connectivity index (χ0n) is 13.9. The van der Waals surface area contributed by atoms with Gasteiger partial charge in [0.2, 0.25) is 0 Å². The molecule has 0 atom stereocenters. The number of alkyl halides is 3. The summed E-state index contributed by atoms with van der Waals surface area (Å²) >= 11 is 0. The number of hydrogen-bond acceptors (Lipinski definition) is 6. The summed E-state index contributed by atoms with van der Waals surface area (Å²) in [5.74, 6) is -0.910. The van der Waals surface area contributed by atoms with Gasteiger partial charge in [0.15, 0.2) is 0 Å². The minimum Gasteiger partial charge on any atom is -0.442 e. The van der Waals surface area contributed by atoms with Crippen molar-refractivity contribution in [3.8, 4) is 17.1 Å². The van der Waals surface area contributed by atoms with E-state index in [-0.39, 0.29) is 5.69 Å². The second kappa shape index (κ2) is 6.63. The molecule has 0 aliphatic heterocycles. The van der Waals surface area contributed by atoms with Gasteiger partial charge in [0, 0.05) is 11.6 Å². The Hall–Kier alpha value is -2.56. The van der Waals surface area contributed by atoms with Crippen LogP contribution in [0.2, 0.25) is 0 Å². The summed E-state index contributed by atoms with van der Waals surface area (Å²) in [6, 6.07) is 8.94. The highest BCUT2D eigenvalue weighted by atomic mass is 32.2. The molecule has 0 fully saturated rings. The first-order valence-corrected chi connectivity index (χ1v) is 8.60. The molecule has 0 bridgehead atoms. The predicted octanol–water partition coefficient (Wildman–Crippen LogP) is 3.56. The highest BCUT2D eigenvalue weighted by molar-refractivity contribution is 7.87. The molecule has 0 aliphatic carbocycles. The van der Waals surface area contributed by atoms with E-state index >= 15 is 0 Å². The SMILES string of the molecule is CC(C)(C)OC(=O)n1nc(OS(=O)(=O)C(F)(F)F)cc1-c1ccccc1. The van der Waals surface area contributed by atoms with E-state index in [4.69, 9.17) is 4.74 Å². The summed E-state index contributed by atoms with van der Waals surface area (Å²) in [4.78, 5) is 12.3. The van der Waals surface area contributed by atoms with Gasteiger partial charge in [-0.15, -0.1) is 5.10 Å². The Bertz CT molecular complexity index is 900. The molecular weight excluding hydrogens is 377 g/mol. The van der Waals surface area contributed by atoms with Crippen molar-refractivity contribution in [1.29, 1.82) is 0 Å². The lowest BCUT2D eigenvalue weighted by atomic mass is 10.1. The van der Waals surface area contributed by atoms with Crippen molar-refractivity contribution in [2.24, 2.45) is 0 Å². The molecule has 0 radical (unpaired) electrons. The molecule has 11 heteroatoms. The lowest BCUT2D eigenvalue weighted by Gasteiger charge is -2.19. The van der Waals surface area contributed by atoms with Crippen molar-refractivity contribution in [3.63, 3.8) is 0 Å². The molecule has 0 unspecified atom stereocenters. The number of hydrogen-bond donors (Lipinski definition) is 0. The highest BCUT2D eigenvalue weighted by Crippen LogP contribution is 2.29. The zero-order valence-corrected chi connectivity index (χ0v) is 14.8. The number of carbonyl (C=O) groups excluding carboxylic acids is 1. The summed E-state index contributed by atoms with van der Waals surface area (Å²) in [6.45, 7) is 4.76. The Morgan fingerprint density at radius 2 is 1.69 bits per heavy atom. The van der Waals surface area contributed by atoms with Crippen molar-refractivity contribution < 1.29 is 35.3 Å². The molecule has 26 heavy (non-hydrogen) atoms. The normalized spacial score (nSPS) is 12.7. The molecule has 0 saturated carbocycles. The minimum absolute atomic E-state index is 0.00669. The van der Waals surface area contributed by atoms with Crippen molar-refractivity contribution in [3.05, 3.63) is 36.4 Å². The summed E-state index contributed by atoms with van der Waals surface area (Å²) in [5.41, 5.74) is -6.14. The van der Waals surface area contributed by atoms with E-state index in [0.717, 1.165) is 6.07 Å². The van der Waals surface area contributed by atoms with E-state index in [9.17, 15) is 26.4 Å². The summed E-state index contributed by atoms with van der Waals surface area (Å²) in [5, 5.41) is 3.51. The molecule has 1 aromatic heterocycles. The molecular formula is C15H15F3N2O5S. The summed E-state index contributed by atoms with van der Waals surface area (Å²) in [7, 11) is -5.93. The lowest BCUT2D eigenvalue weighted by molar-refractivity contribution is -0.0501. The van der Waals surface area contributed by atoms with Crippen LogP contribution in [0.4, 0.5) is 18.0 Å². The molecule has 0 saturated heterocycles. The van der Waals surface area contributed by atoms with Crippen LogP contribution in [0, 0.1) is 0 Å².